The van der Waals surface area contributed by atoms with Gasteiger partial charge in [-0.05, 0) is 57.0 Å². The molecular weight excluding hydrogens is 210 g/mol. The van der Waals surface area contributed by atoms with E-state index in [1.54, 1.807) is 0 Å². The zero-order chi connectivity index (χ0) is 12.3. The van der Waals surface area contributed by atoms with E-state index in [-0.39, 0.29) is 6.10 Å². The summed E-state index contributed by atoms with van der Waals surface area (Å²) in [5.74, 6) is 1.73. The molecule has 0 aromatic carbocycles. The number of nitrogens with zero attached hydrogens (tertiary/aromatic N) is 1. The molecule has 1 aliphatic heterocycles. The van der Waals surface area contributed by atoms with E-state index in [0.717, 1.165) is 18.3 Å². The summed E-state index contributed by atoms with van der Waals surface area (Å²) >= 11 is 0. The molecule has 1 N–H and O–H groups in total. The summed E-state index contributed by atoms with van der Waals surface area (Å²) in [6, 6.07) is 0.467. The monoisotopic (exact) mass is 239 g/mol. The second kappa shape index (κ2) is 6.19. The van der Waals surface area contributed by atoms with E-state index < -0.39 is 0 Å². The highest BCUT2D eigenvalue weighted by molar-refractivity contribution is 4.85. The fourth-order valence-corrected chi connectivity index (χ4v) is 3.66. The Morgan fingerprint density at radius 2 is 1.71 bits per heavy atom. The number of hydrogen-bond donors (Lipinski definition) is 1. The molecule has 0 amide bonds. The average molecular weight is 239 g/mol. The quantitative estimate of drug-likeness (QED) is 0.800. The summed E-state index contributed by atoms with van der Waals surface area (Å²) in [5.41, 5.74) is 0. The summed E-state index contributed by atoms with van der Waals surface area (Å²) < 4.78 is 0. The lowest BCUT2D eigenvalue weighted by molar-refractivity contribution is 0.0206. The third-order valence-corrected chi connectivity index (χ3v) is 4.91. The minimum atomic E-state index is -0.0562. The molecule has 3 unspecified atom stereocenters. The van der Waals surface area contributed by atoms with E-state index in [4.69, 9.17) is 0 Å². The first-order valence-corrected chi connectivity index (χ1v) is 7.60. The van der Waals surface area contributed by atoms with Crippen molar-refractivity contribution in [3.8, 4) is 0 Å². The lowest BCUT2D eigenvalue weighted by Crippen LogP contribution is -2.45. The van der Waals surface area contributed by atoms with Crippen molar-refractivity contribution >= 4 is 0 Å². The van der Waals surface area contributed by atoms with Crippen LogP contribution in [0.1, 0.15) is 58.8 Å². The minimum absolute atomic E-state index is 0.0562. The molecular formula is C15H29NO. The van der Waals surface area contributed by atoms with E-state index in [9.17, 15) is 5.11 Å². The predicted octanol–water partition coefficient (Wildman–Crippen LogP) is 3.05. The second-order valence-corrected chi connectivity index (χ2v) is 6.39. The topological polar surface area (TPSA) is 23.5 Å². The van der Waals surface area contributed by atoms with Gasteiger partial charge in [-0.3, -0.25) is 4.90 Å². The molecule has 0 bridgehead atoms. The predicted molar refractivity (Wildman–Crippen MR) is 72.0 cm³/mol. The maximum atomic E-state index is 10.1. The Bertz CT molecular complexity index is 229. The molecule has 2 fully saturated rings. The molecule has 1 aliphatic carbocycles. The first kappa shape index (κ1) is 13.4. The zero-order valence-corrected chi connectivity index (χ0v) is 11.6. The summed E-state index contributed by atoms with van der Waals surface area (Å²) in [6.45, 7) is 7.14. The number of likely N-dealkylation sites (tertiary alicyclic amines) is 1. The van der Waals surface area contributed by atoms with E-state index in [1.807, 2.05) is 0 Å². The van der Waals surface area contributed by atoms with Gasteiger partial charge in [0.25, 0.3) is 0 Å². The highest BCUT2D eigenvalue weighted by atomic mass is 16.3. The van der Waals surface area contributed by atoms with Crippen LogP contribution >= 0.6 is 0 Å². The van der Waals surface area contributed by atoms with Crippen molar-refractivity contribution in [2.75, 3.05) is 13.1 Å². The van der Waals surface area contributed by atoms with Gasteiger partial charge in [-0.15, -0.1) is 0 Å². The SMILES string of the molecule is CC(C)C1CCCN(C2CCCCC2O)CC1. The normalized spacial score (nSPS) is 37.1. The largest absolute Gasteiger partial charge is 0.391 e. The summed E-state index contributed by atoms with van der Waals surface area (Å²) in [4.78, 5) is 2.59. The third-order valence-electron chi connectivity index (χ3n) is 4.91. The molecule has 2 nitrogen and oxygen atoms in total. The van der Waals surface area contributed by atoms with Crippen LogP contribution in [0.2, 0.25) is 0 Å². The molecule has 0 spiro atoms. The standard InChI is InChI=1S/C15H29NO/c1-12(2)13-6-5-10-16(11-9-13)14-7-3-4-8-15(14)17/h12-15,17H,3-11H2,1-2H3. The maximum absolute atomic E-state index is 10.1. The Hall–Kier alpha value is -0.0800. The van der Waals surface area contributed by atoms with Crippen molar-refractivity contribution in [2.24, 2.45) is 11.8 Å². The summed E-state index contributed by atoms with van der Waals surface area (Å²) in [5, 5.41) is 10.1. The molecule has 1 saturated carbocycles. The highest BCUT2D eigenvalue weighted by Crippen LogP contribution is 2.29. The van der Waals surface area contributed by atoms with Gasteiger partial charge in [0.05, 0.1) is 6.10 Å². The van der Waals surface area contributed by atoms with E-state index in [1.165, 1.54) is 51.6 Å². The first-order valence-electron chi connectivity index (χ1n) is 7.60. The highest BCUT2D eigenvalue weighted by Gasteiger charge is 2.30. The van der Waals surface area contributed by atoms with Crippen molar-refractivity contribution in [1.29, 1.82) is 0 Å². The molecule has 1 heterocycles. The van der Waals surface area contributed by atoms with Crippen molar-refractivity contribution in [3.05, 3.63) is 0 Å². The van der Waals surface area contributed by atoms with E-state index in [2.05, 4.69) is 18.7 Å². The fraction of sp³-hybridized carbons (Fsp3) is 1.00. The Kier molecular flexibility index (Phi) is 4.87. The van der Waals surface area contributed by atoms with Gasteiger partial charge in [-0.25, -0.2) is 0 Å². The molecule has 2 rings (SSSR count). The molecule has 100 valence electrons. The Morgan fingerprint density at radius 1 is 0.941 bits per heavy atom. The fourth-order valence-electron chi connectivity index (χ4n) is 3.66. The Labute approximate surface area is 106 Å². The van der Waals surface area contributed by atoms with E-state index in [0.29, 0.717) is 6.04 Å². The molecule has 0 aromatic heterocycles. The van der Waals surface area contributed by atoms with Crippen LogP contribution in [0.5, 0.6) is 0 Å². The average Bonchev–Trinajstić information content (AvgIpc) is 2.55. The van der Waals surface area contributed by atoms with E-state index >= 15 is 0 Å². The van der Waals surface area contributed by atoms with Gasteiger partial charge in [0.1, 0.15) is 0 Å². The van der Waals surface area contributed by atoms with Crippen LogP contribution in [-0.2, 0) is 0 Å². The van der Waals surface area contributed by atoms with Gasteiger partial charge in [0, 0.05) is 6.04 Å². The van der Waals surface area contributed by atoms with Gasteiger partial charge < -0.3 is 5.11 Å². The van der Waals surface area contributed by atoms with Crippen LogP contribution < -0.4 is 0 Å². The molecule has 3 atom stereocenters. The van der Waals surface area contributed by atoms with Gasteiger partial charge in [0.2, 0.25) is 0 Å². The number of aliphatic hydroxyl groups is 1. The van der Waals surface area contributed by atoms with Crippen LogP contribution in [0.3, 0.4) is 0 Å². The summed E-state index contributed by atoms with van der Waals surface area (Å²) in [6.07, 6.45) is 8.76. The van der Waals surface area contributed by atoms with Crippen LogP contribution in [-0.4, -0.2) is 35.2 Å². The summed E-state index contributed by atoms with van der Waals surface area (Å²) in [7, 11) is 0. The lowest BCUT2D eigenvalue weighted by atomic mass is 9.89. The van der Waals surface area contributed by atoms with Crippen LogP contribution in [0, 0.1) is 11.8 Å². The molecule has 2 aliphatic rings. The first-order chi connectivity index (χ1) is 8.18. The third kappa shape index (κ3) is 3.45. The van der Waals surface area contributed by atoms with Gasteiger partial charge in [0.15, 0.2) is 0 Å². The number of aliphatic hydroxyl groups excluding tert-OH is 1. The van der Waals surface area contributed by atoms with Crippen molar-refractivity contribution in [2.45, 2.75) is 70.9 Å². The molecule has 17 heavy (non-hydrogen) atoms. The Morgan fingerprint density at radius 3 is 2.41 bits per heavy atom. The van der Waals surface area contributed by atoms with Crippen molar-refractivity contribution in [3.63, 3.8) is 0 Å². The molecule has 2 heteroatoms. The molecule has 1 saturated heterocycles. The van der Waals surface area contributed by atoms with Crippen LogP contribution in [0.15, 0.2) is 0 Å². The minimum Gasteiger partial charge on any atom is -0.391 e. The van der Waals surface area contributed by atoms with Gasteiger partial charge in [-0.2, -0.15) is 0 Å². The molecule has 0 aromatic rings. The second-order valence-electron chi connectivity index (χ2n) is 6.39. The van der Waals surface area contributed by atoms with Crippen LogP contribution in [0.4, 0.5) is 0 Å². The number of rotatable bonds is 2. The Balaban J connectivity index is 1.89. The number of hydrogen-bond acceptors (Lipinski definition) is 2. The van der Waals surface area contributed by atoms with Crippen molar-refractivity contribution in [1.82, 2.24) is 4.90 Å². The molecule has 0 radical (unpaired) electrons. The smallest absolute Gasteiger partial charge is 0.0695 e. The van der Waals surface area contributed by atoms with Gasteiger partial charge >= 0.3 is 0 Å². The van der Waals surface area contributed by atoms with Crippen LogP contribution in [0.25, 0.3) is 0 Å². The lowest BCUT2D eigenvalue weighted by Gasteiger charge is -2.37. The zero-order valence-electron chi connectivity index (χ0n) is 11.6. The van der Waals surface area contributed by atoms with Gasteiger partial charge in [-0.1, -0.05) is 26.7 Å². The maximum Gasteiger partial charge on any atom is 0.0695 e. The van der Waals surface area contributed by atoms with Crippen molar-refractivity contribution < 1.29 is 5.11 Å².